The molecule has 6 heteroatoms. The normalized spacial score (nSPS) is 21.4. The largest absolute Gasteiger partial charge is 0.312 e. The van der Waals surface area contributed by atoms with Gasteiger partial charge in [0, 0.05) is 26.1 Å². The molecule has 0 bridgehead atoms. The van der Waals surface area contributed by atoms with E-state index in [1.807, 2.05) is 4.90 Å². The number of aryl methyl sites for hydroxylation is 1. The molecule has 4 rings (SSSR count). The van der Waals surface area contributed by atoms with E-state index in [-0.39, 0.29) is 11.9 Å². The smallest absolute Gasteiger partial charge is 0.243 e. The fourth-order valence-corrected chi connectivity index (χ4v) is 5.90. The zero-order chi connectivity index (χ0) is 16.9. The van der Waals surface area contributed by atoms with Crippen LogP contribution in [0.5, 0.6) is 0 Å². The summed E-state index contributed by atoms with van der Waals surface area (Å²) in [4.78, 5) is 14.2. The first kappa shape index (κ1) is 16.1. The fraction of sp³-hybridized carbons (Fsp3) is 0.611. The lowest BCUT2D eigenvalue weighted by atomic mass is 9.96. The van der Waals surface area contributed by atoms with Crippen LogP contribution >= 0.6 is 0 Å². The molecule has 0 atom stereocenters. The average Bonchev–Trinajstić information content (AvgIpc) is 3.03. The minimum atomic E-state index is -3.47. The molecule has 5 nitrogen and oxygen atoms in total. The highest BCUT2D eigenvalue weighted by Crippen LogP contribution is 2.39. The van der Waals surface area contributed by atoms with Crippen molar-refractivity contribution in [3.63, 3.8) is 0 Å². The van der Waals surface area contributed by atoms with E-state index < -0.39 is 10.0 Å². The summed E-state index contributed by atoms with van der Waals surface area (Å²) in [5, 5.41) is 0. The van der Waals surface area contributed by atoms with Crippen LogP contribution in [0.15, 0.2) is 17.0 Å². The number of amides is 1. The Labute approximate surface area is 143 Å². The predicted molar refractivity (Wildman–Crippen MR) is 92.6 cm³/mol. The molecular weight excluding hydrogens is 324 g/mol. The second-order valence-corrected chi connectivity index (χ2v) is 9.20. The Morgan fingerprint density at radius 3 is 2.42 bits per heavy atom. The predicted octanol–water partition coefficient (Wildman–Crippen LogP) is 2.48. The molecule has 1 aliphatic carbocycles. The molecular formula is C18H24N2O3S. The maximum Gasteiger partial charge on any atom is 0.243 e. The Kier molecular flexibility index (Phi) is 3.92. The number of hydrogen-bond donors (Lipinski definition) is 0. The summed E-state index contributed by atoms with van der Waals surface area (Å²) < 4.78 is 27.8. The first-order valence-electron chi connectivity index (χ1n) is 8.92. The zero-order valence-corrected chi connectivity index (χ0v) is 14.9. The summed E-state index contributed by atoms with van der Waals surface area (Å²) in [6.07, 6.45) is 7.21. The van der Waals surface area contributed by atoms with Crippen LogP contribution in [0.25, 0.3) is 0 Å². The molecule has 2 aliphatic heterocycles. The first-order valence-corrected chi connectivity index (χ1v) is 10.4. The number of carbonyl (C=O) groups excluding carboxylic acids is 1. The molecule has 0 aromatic heterocycles. The topological polar surface area (TPSA) is 57.7 Å². The maximum absolute atomic E-state index is 13.1. The van der Waals surface area contributed by atoms with Crippen molar-refractivity contribution in [2.75, 3.05) is 18.5 Å². The molecule has 0 N–H and O–H groups in total. The maximum atomic E-state index is 13.1. The van der Waals surface area contributed by atoms with Gasteiger partial charge >= 0.3 is 0 Å². The van der Waals surface area contributed by atoms with Crippen LogP contribution in [0.1, 0.15) is 49.7 Å². The number of anilines is 1. The highest BCUT2D eigenvalue weighted by Gasteiger charge is 2.35. The molecule has 130 valence electrons. The molecule has 24 heavy (non-hydrogen) atoms. The summed E-state index contributed by atoms with van der Waals surface area (Å²) in [6, 6.07) is 3.72. The summed E-state index contributed by atoms with van der Waals surface area (Å²) in [7, 11) is -1.75. The summed E-state index contributed by atoms with van der Waals surface area (Å²) >= 11 is 0. The Morgan fingerprint density at radius 2 is 1.71 bits per heavy atom. The molecule has 1 amide bonds. The third-order valence-corrected chi connectivity index (χ3v) is 7.68. The quantitative estimate of drug-likeness (QED) is 0.843. The van der Waals surface area contributed by atoms with E-state index in [4.69, 9.17) is 0 Å². The van der Waals surface area contributed by atoms with Crippen LogP contribution < -0.4 is 4.90 Å². The van der Waals surface area contributed by atoms with Crippen LogP contribution in [-0.2, 0) is 27.7 Å². The van der Waals surface area contributed by atoms with Gasteiger partial charge in [0.2, 0.25) is 15.9 Å². The number of sulfonamides is 1. The van der Waals surface area contributed by atoms with Gasteiger partial charge in [-0.15, -0.1) is 0 Å². The van der Waals surface area contributed by atoms with Gasteiger partial charge in [-0.05, 0) is 48.9 Å². The molecule has 0 saturated heterocycles. The van der Waals surface area contributed by atoms with Crippen molar-refractivity contribution in [1.82, 2.24) is 4.31 Å². The van der Waals surface area contributed by atoms with Gasteiger partial charge in [-0.3, -0.25) is 4.79 Å². The van der Waals surface area contributed by atoms with Crippen molar-refractivity contribution in [2.45, 2.75) is 62.3 Å². The molecule has 0 unspecified atom stereocenters. The van der Waals surface area contributed by atoms with E-state index in [1.54, 1.807) is 23.5 Å². The Hall–Kier alpha value is -1.40. The van der Waals surface area contributed by atoms with Crippen LogP contribution in [0.2, 0.25) is 0 Å². The SMILES string of the molecule is CN(C1CCCCC1)S(=O)(=O)c1cc2c3c(c1)CCN3C(=O)CC2. The number of carbonyl (C=O) groups is 1. The number of hydrogen-bond acceptors (Lipinski definition) is 3. The summed E-state index contributed by atoms with van der Waals surface area (Å²) in [5.74, 6) is 0.163. The van der Waals surface area contributed by atoms with Gasteiger partial charge in [0.15, 0.2) is 0 Å². The van der Waals surface area contributed by atoms with Crippen molar-refractivity contribution in [3.8, 4) is 0 Å². The number of rotatable bonds is 3. The Balaban J connectivity index is 1.71. The molecule has 0 spiro atoms. The third-order valence-electron chi connectivity index (χ3n) is 5.79. The lowest BCUT2D eigenvalue weighted by Crippen LogP contribution is -2.38. The highest BCUT2D eigenvalue weighted by molar-refractivity contribution is 7.89. The van der Waals surface area contributed by atoms with Gasteiger partial charge in [-0.25, -0.2) is 8.42 Å². The van der Waals surface area contributed by atoms with Gasteiger partial charge in [0.05, 0.1) is 10.6 Å². The van der Waals surface area contributed by atoms with E-state index in [1.165, 1.54) is 6.42 Å². The molecule has 1 aromatic carbocycles. The Bertz CT molecular complexity index is 782. The second kappa shape index (κ2) is 5.85. The van der Waals surface area contributed by atoms with Crippen LogP contribution in [0.4, 0.5) is 5.69 Å². The molecule has 2 heterocycles. The van der Waals surface area contributed by atoms with Crippen LogP contribution in [0.3, 0.4) is 0 Å². The second-order valence-electron chi connectivity index (χ2n) is 7.20. The van der Waals surface area contributed by atoms with E-state index >= 15 is 0 Å². The lowest BCUT2D eigenvalue weighted by Gasteiger charge is -2.31. The van der Waals surface area contributed by atoms with E-state index in [2.05, 4.69) is 0 Å². The van der Waals surface area contributed by atoms with E-state index in [0.29, 0.717) is 24.3 Å². The highest BCUT2D eigenvalue weighted by atomic mass is 32.2. The third kappa shape index (κ3) is 2.47. The molecule has 1 aromatic rings. The number of nitrogens with zero attached hydrogens (tertiary/aromatic N) is 2. The first-order chi connectivity index (χ1) is 11.5. The van der Waals surface area contributed by atoms with Crippen LogP contribution in [-0.4, -0.2) is 38.3 Å². The van der Waals surface area contributed by atoms with Crippen molar-refractivity contribution in [3.05, 3.63) is 23.3 Å². The fourth-order valence-electron chi connectivity index (χ4n) is 4.38. The zero-order valence-electron chi connectivity index (χ0n) is 14.1. The average molecular weight is 348 g/mol. The summed E-state index contributed by atoms with van der Waals surface area (Å²) in [6.45, 7) is 0.684. The van der Waals surface area contributed by atoms with Crippen molar-refractivity contribution in [1.29, 1.82) is 0 Å². The molecule has 1 fully saturated rings. The molecule has 0 radical (unpaired) electrons. The standard InChI is InChI=1S/C18H24N2O3S/c1-19(15-5-3-2-4-6-15)24(22,23)16-11-13-7-8-17(21)20-10-9-14(12-16)18(13)20/h11-12,15H,2-10H2,1H3. The van der Waals surface area contributed by atoms with E-state index in [0.717, 1.165) is 48.9 Å². The monoisotopic (exact) mass is 348 g/mol. The molecule has 1 saturated carbocycles. The van der Waals surface area contributed by atoms with Crippen molar-refractivity contribution < 1.29 is 13.2 Å². The van der Waals surface area contributed by atoms with E-state index in [9.17, 15) is 13.2 Å². The van der Waals surface area contributed by atoms with Gasteiger partial charge < -0.3 is 4.90 Å². The van der Waals surface area contributed by atoms with Crippen molar-refractivity contribution in [2.24, 2.45) is 0 Å². The minimum absolute atomic E-state index is 0.117. The minimum Gasteiger partial charge on any atom is -0.312 e. The molecule has 3 aliphatic rings. The number of benzene rings is 1. The van der Waals surface area contributed by atoms with Gasteiger partial charge in [0.25, 0.3) is 0 Å². The summed E-state index contributed by atoms with van der Waals surface area (Å²) in [5.41, 5.74) is 3.00. The lowest BCUT2D eigenvalue weighted by molar-refractivity contribution is -0.118. The van der Waals surface area contributed by atoms with Crippen molar-refractivity contribution >= 4 is 21.6 Å². The van der Waals surface area contributed by atoms with Gasteiger partial charge in [-0.2, -0.15) is 4.31 Å². The van der Waals surface area contributed by atoms with Crippen LogP contribution in [0, 0.1) is 0 Å². The van der Waals surface area contributed by atoms with Gasteiger partial charge in [-0.1, -0.05) is 19.3 Å². The van der Waals surface area contributed by atoms with Gasteiger partial charge in [0.1, 0.15) is 0 Å². The Morgan fingerprint density at radius 1 is 1.04 bits per heavy atom.